The van der Waals surface area contributed by atoms with Crippen LogP contribution in [0.1, 0.15) is 26.5 Å². The van der Waals surface area contributed by atoms with Gasteiger partial charge in [-0.25, -0.2) is 0 Å². The number of nitrogens with zero attached hydrogens (tertiary/aromatic N) is 2. The summed E-state index contributed by atoms with van der Waals surface area (Å²) in [5.41, 5.74) is 5.75. The summed E-state index contributed by atoms with van der Waals surface area (Å²) in [6.45, 7) is 5.67. The van der Waals surface area contributed by atoms with Crippen molar-refractivity contribution in [2.75, 3.05) is 6.61 Å². The second kappa shape index (κ2) is 3.63. The van der Waals surface area contributed by atoms with E-state index in [0.29, 0.717) is 5.69 Å². The topological polar surface area (TPSA) is 72.0 Å². The minimum Gasteiger partial charge on any atom is -0.396 e. The Morgan fingerprint density at radius 2 is 2.00 bits per heavy atom. The van der Waals surface area contributed by atoms with Crippen molar-refractivity contribution in [1.29, 1.82) is 0 Å². The molecule has 0 aliphatic rings. The number of hydrogen-bond acceptors (Lipinski definition) is 4. The molecule has 0 unspecified atom stereocenters. The number of aliphatic hydroxyl groups excluding tert-OH is 1. The van der Waals surface area contributed by atoms with E-state index in [2.05, 4.69) is 9.97 Å². The second-order valence-corrected chi connectivity index (χ2v) is 4.34. The van der Waals surface area contributed by atoms with Crippen LogP contribution in [0.3, 0.4) is 0 Å². The van der Waals surface area contributed by atoms with Crippen LogP contribution in [0.15, 0.2) is 18.6 Å². The number of hydrogen-bond donors (Lipinski definition) is 2. The van der Waals surface area contributed by atoms with E-state index >= 15 is 0 Å². The van der Waals surface area contributed by atoms with E-state index in [1.807, 2.05) is 20.8 Å². The molecule has 1 rings (SSSR count). The van der Waals surface area contributed by atoms with Gasteiger partial charge in [-0.05, 0) is 6.92 Å². The standard InChI is InChI=1S/C10H17N3O/c1-9(2,7-14)10(3,11)8-6-12-4-5-13-8/h4-6,14H,7,11H2,1-3H3/t10-/m0/s1. The highest BCUT2D eigenvalue weighted by atomic mass is 16.3. The average Bonchev–Trinajstić information content (AvgIpc) is 2.19. The fourth-order valence-corrected chi connectivity index (χ4v) is 1.08. The number of nitrogens with two attached hydrogens (primary N) is 1. The van der Waals surface area contributed by atoms with Crippen LogP contribution >= 0.6 is 0 Å². The van der Waals surface area contributed by atoms with Crippen LogP contribution in [0.25, 0.3) is 0 Å². The molecule has 0 aliphatic heterocycles. The molecule has 1 aromatic rings. The lowest BCUT2D eigenvalue weighted by atomic mass is 9.73. The summed E-state index contributed by atoms with van der Waals surface area (Å²) < 4.78 is 0. The van der Waals surface area contributed by atoms with Gasteiger partial charge in [-0.1, -0.05) is 13.8 Å². The van der Waals surface area contributed by atoms with Crippen molar-refractivity contribution < 1.29 is 5.11 Å². The fraction of sp³-hybridized carbons (Fsp3) is 0.600. The van der Waals surface area contributed by atoms with Crippen molar-refractivity contribution in [1.82, 2.24) is 9.97 Å². The molecule has 4 heteroatoms. The Morgan fingerprint density at radius 3 is 2.43 bits per heavy atom. The maximum absolute atomic E-state index is 9.26. The highest BCUT2D eigenvalue weighted by molar-refractivity contribution is 5.14. The Hall–Kier alpha value is -1.00. The van der Waals surface area contributed by atoms with Gasteiger partial charge in [0.25, 0.3) is 0 Å². The largest absolute Gasteiger partial charge is 0.396 e. The summed E-state index contributed by atoms with van der Waals surface area (Å²) in [5, 5.41) is 9.26. The summed E-state index contributed by atoms with van der Waals surface area (Å²) in [7, 11) is 0. The van der Waals surface area contributed by atoms with E-state index < -0.39 is 11.0 Å². The van der Waals surface area contributed by atoms with Gasteiger partial charge in [0.15, 0.2) is 0 Å². The summed E-state index contributed by atoms with van der Waals surface area (Å²) in [6, 6.07) is 0. The van der Waals surface area contributed by atoms with Gasteiger partial charge >= 0.3 is 0 Å². The van der Waals surface area contributed by atoms with Gasteiger partial charge in [0.1, 0.15) is 0 Å². The Balaban J connectivity index is 3.08. The quantitative estimate of drug-likeness (QED) is 0.743. The molecule has 0 fully saturated rings. The van der Waals surface area contributed by atoms with E-state index in [4.69, 9.17) is 5.73 Å². The van der Waals surface area contributed by atoms with Gasteiger partial charge in [0, 0.05) is 17.8 Å². The van der Waals surface area contributed by atoms with E-state index in [1.165, 1.54) is 0 Å². The van der Waals surface area contributed by atoms with Gasteiger partial charge in [-0.2, -0.15) is 0 Å². The fourth-order valence-electron chi connectivity index (χ4n) is 1.08. The molecule has 1 atom stereocenters. The zero-order chi connectivity index (χ0) is 10.8. The lowest BCUT2D eigenvalue weighted by Crippen LogP contribution is -2.49. The van der Waals surface area contributed by atoms with Crippen LogP contribution in [0, 0.1) is 5.41 Å². The van der Waals surface area contributed by atoms with Crippen LogP contribution in [0.2, 0.25) is 0 Å². The molecular weight excluding hydrogens is 178 g/mol. The SMILES string of the molecule is CC(C)(CO)[C@@](C)(N)c1cnccn1. The normalized spacial score (nSPS) is 16.4. The summed E-state index contributed by atoms with van der Waals surface area (Å²) in [6.07, 6.45) is 4.84. The van der Waals surface area contributed by atoms with E-state index in [1.54, 1.807) is 18.6 Å². The van der Waals surface area contributed by atoms with E-state index in [0.717, 1.165) is 0 Å². The molecule has 1 heterocycles. The minimum atomic E-state index is -0.685. The summed E-state index contributed by atoms with van der Waals surface area (Å²) >= 11 is 0. The van der Waals surface area contributed by atoms with Crippen LogP contribution in [0.4, 0.5) is 0 Å². The van der Waals surface area contributed by atoms with Crippen molar-refractivity contribution in [3.63, 3.8) is 0 Å². The Morgan fingerprint density at radius 1 is 1.36 bits per heavy atom. The minimum absolute atomic E-state index is 0.0105. The van der Waals surface area contributed by atoms with Crippen LogP contribution in [0.5, 0.6) is 0 Å². The zero-order valence-corrected chi connectivity index (χ0v) is 8.86. The molecule has 0 amide bonds. The third-order valence-electron chi connectivity index (χ3n) is 2.90. The van der Waals surface area contributed by atoms with Gasteiger partial charge in [-0.3, -0.25) is 9.97 Å². The molecule has 0 aliphatic carbocycles. The highest BCUT2D eigenvalue weighted by Crippen LogP contribution is 2.35. The summed E-state index contributed by atoms with van der Waals surface area (Å²) in [4.78, 5) is 8.14. The molecule has 0 saturated carbocycles. The Labute approximate surface area is 84.2 Å². The van der Waals surface area contributed by atoms with Crippen LogP contribution in [-0.2, 0) is 5.54 Å². The van der Waals surface area contributed by atoms with Gasteiger partial charge in [-0.15, -0.1) is 0 Å². The molecule has 3 N–H and O–H groups in total. The molecule has 0 aromatic carbocycles. The molecule has 0 spiro atoms. The molecule has 4 nitrogen and oxygen atoms in total. The predicted octanol–water partition coefficient (Wildman–Crippen LogP) is 0.669. The van der Waals surface area contributed by atoms with Crippen molar-refractivity contribution in [3.8, 4) is 0 Å². The molecule has 1 aromatic heterocycles. The number of aromatic nitrogens is 2. The molecule has 0 bridgehead atoms. The van der Waals surface area contributed by atoms with Gasteiger partial charge < -0.3 is 10.8 Å². The molecule has 78 valence electrons. The third-order valence-corrected chi connectivity index (χ3v) is 2.90. The molecule has 0 radical (unpaired) electrons. The monoisotopic (exact) mass is 195 g/mol. The first-order valence-electron chi connectivity index (χ1n) is 4.58. The third kappa shape index (κ3) is 1.76. The smallest absolute Gasteiger partial charge is 0.0788 e. The maximum atomic E-state index is 9.26. The Bertz CT molecular complexity index is 295. The number of rotatable bonds is 3. The molecule has 14 heavy (non-hydrogen) atoms. The predicted molar refractivity (Wildman–Crippen MR) is 54.4 cm³/mol. The van der Waals surface area contributed by atoms with Crippen LogP contribution < -0.4 is 5.73 Å². The van der Waals surface area contributed by atoms with E-state index in [9.17, 15) is 5.11 Å². The average molecular weight is 195 g/mol. The van der Waals surface area contributed by atoms with Crippen LogP contribution in [-0.4, -0.2) is 21.7 Å². The lowest BCUT2D eigenvalue weighted by Gasteiger charge is -2.39. The highest BCUT2D eigenvalue weighted by Gasteiger charge is 2.39. The summed E-state index contributed by atoms with van der Waals surface area (Å²) in [5.74, 6) is 0. The van der Waals surface area contributed by atoms with Crippen molar-refractivity contribution >= 4 is 0 Å². The molecular formula is C10H17N3O. The first-order valence-corrected chi connectivity index (χ1v) is 4.58. The van der Waals surface area contributed by atoms with Gasteiger partial charge in [0.05, 0.1) is 24.0 Å². The van der Waals surface area contributed by atoms with E-state index in [-0.39, 0.29) is 6.61 Å². The maximum Gasteiger partial charge on any atom is 0.0788 e. The van der Waals surface area contributed by atoms with Gasteiger partial charge in [0.2, 0.25) is 0 Å². The van der Waals surface area contributed by atoms with Crippen molar-refractivity contribution in [3.05, 3.63) is 24.3 Å². The first kappa shape index (κ1) is 11.1. The lowest BCUT2D eigenvalue weighted by molar-refractivity contribution is 0.0784. The van der Waals surface area contributed by atoms with Crippen molar-refractivity contribution in [2.24, 2.45) is 11.1 Å². The molecule has 0 saturated heterocycles. The second-order valence-electron chi connectivity index (χ2n) is 4.34. The zero-order valence-electron chi connectivity index (χ0n) is 8.86. The van der Waals surface area contributed by atoms with Crippen molar-refractivity contribution in [2.45, 2.75) is 26.3 Å². The first-order chi connectivity index (χ1) is 6.42. The Kier molecular flexibility index (Phi) is 2.87. The number of aliphatic hydroxyl groups is 1.